The van der Waals surface area contributed by atoms with Crippen molar-refractivity contribution in [2.45, 2.75) is 25.7 Å². The monoisotopic (exact) mass is 259 g/mol. The minimum atomic E-state index is -2.58. The van der Waals surface area contributed by atoms with Crippen molar-refractivity contribution in [1.82, 2.24) is 0 Å². The summed E-state index contributed by atoms with van der Waals surface area (Å²) in [6.45, 7) is 6.15. The third-order valence-corrected chi connectivity index (χ3v) is 3.60. The fourth-order valence-electron chi connectivity index (χ4n) is 2.35. The fraction of sp³-hybridized carbons (Fsp3) is 0.200. The van der Waals surface area contributed by atoms with Gasteiger partial charge in [0.15, 0.2) is 10.7 Å². The number of thiol groups is 1. The zero-order chi connectivity index (χ0) is 13.3. The highest BCUT2D eigenvalue weighted by molar-refractivity contribution is 7.72. The number of hydrogen-bond donors (Lipinski definition) is 1. The average molecular weight is 259 g/mol. The van der Waals surface area contributed by atoms with E-state index >= 15 is 0 Å². The molecule has 0 heterocycles. The molecule has 0 N–H and O–H groups in total. The Hall–Kier alpha value is -1.61. The molecule has 0 unspecified atom stereocenters. The number of rotatable bonds is 2. The molecule has 0 amide bonds. The summed E-state index contributed by atoms with van der Waals surface area (Å²) in [5.41, 5.74) is 5.56. The first-order chi connectivity index (χ1) is 8.49. The van der Waals surface area contributed by atoms with Crippen LogP contribution in [0.5, 0.6) is 0 Å². The second kappa shape index (κ2) is 4.94. The first-order valence-electron chi connectivity index (χ1n) is 5.73. The molecule has 2 aromatic carbocycles. The zero-order valence-corrected chi connectivity index (χ0v) is 11.5. The van der Waals surface area contributed by atoms with Gasteiger partial charge in [0.05, 0.1) is 4.90 Å². The van der Waals surface area contributed by atoms with Crippen molar-refractivity contribution in [2.24, 2.45) is 0 Å². The SMILES string of the molecule is Cc1cc(C)c(-c2cc[c]c([SH](=O)=O)c2)c(C)c1. The Morgan fingerprint density at radius 3 is 2.17 bits per heavy atom. The molecule has 0 fully saturated rings. The molecule has 0 saturated heterocycles. The van der Waals surface area contributed by atoms with E-state index in [1.807, 2.05) is 19.9 Å². The van der Waals surface area contributed by atoms with Gasteiger partial charge in [-0.2, -0.15) is 0 Å². The molecule has 93 valence electrons. The van der Waals surface area contributed by atoms with Gasteiger partial charge in [-0.1, -0.05) is 29.8 Å². The average Bonchev–Trinajstić information content (AvgIpc) is 2.28. The van der Waals surface area contributed by atoms with Crippen LogP contribution in [0.1, 0.15) is 16.7 Å². The van der Waals surface area contributed by atoms with Gasteiger partial charge in [0.25, 0.3) is 0 Å². The summed E-state index contributed by atoms with van der Waals surface area (Å²) in [5.74, 6) is 0. The minimum absolute atomic E-state index is 0.238. The van der Waals surface area contributed by atoms with E-state index < -0.39 is 10.7 Å². The van der Waals surface area contributed by atoms with Crippen molar-refractivity contribution < 1.29 is 8.42 Å². The summed E-state index contributed by atoms with van der Waals surface area (Å²) >= 11 is 0. The van der Waals surface area contributed by atoms with Crippen LogP contribution in [0.3, 0.4) is 0 Å². The van der Waals surface area contributed by atoms with Gasteiger partial charge >= 0.3 is 0 Å². The molecule has 0 saturated carbocycles. The first-order valence-corrected chi connectivity index (χ1v) is 6.91. The van der Waals surface area contributed by atoms with Gasteiger partial charge in [0.1, 0.15) is 0 Å². The summed E-state index contributed by atoms with van der Waals surface area (Å²) < 4.78 is 22.0. The Bertz CT molecular complexity index is 639. The van der Waals surface area contributed by atoms with Crippen molar-refractivity contribution in [3.05, 3.63) is 53.1 Å². The standard InChI is InChI=1S/C15H15O2S/c1-10-7-11(2)15(12(3)8-10)13-5-4-6-14(9-13)18(16)17/h4-5,7-9,18H,1-3H3. The molecule has 3 heteroatoms. The minimum Gasteiger partial charge on any atom is -0.227 e. The van der Waals surface area contributed by atoms with Crippen LogP contribution < -0.4 is 0 Å². The van der Waals surface area contributed by atoms with Crippen molar-refractivity contribution in [2.75, 3.05) is 0 Å². The van der Waals surface area contributed by atoms with Gasteiger partial charge in [-0.3, -0.25) is 0 Å². The molecule has 0 aliphatic carbocycles. The van der Waals surface area contributed by atoms with E-state index in [1.54, 1.807) is 12.1 Å². The van der Waals surface area contributed by atoms with E-state index in [4.69, 9.17) is 0 Å². The molecule has 0 aliphatic heterocycles. The van der Waals surface area contributed by atoms with Crippen LogP contribution >= 0.6 is 0 Å². The maximum atomic E-state index is 11.0. The second-order valence-corrected chi connectivity index (χ2v) is 5.49. The van der Waals surface area contributed by atoms with Gasteiger partial charge in [-0.25, -0.2) is 8.42 Å². The maximum Gasteiger partial charge on any atom is 0.168 e. The topological polar surface area (TPSA) is 34.1 Å². The Morgan fingerprint density at radius 2 is 1.61 bits per heavy atom. The van der Waals surface area contributed by atoms with E-state index in [0.717, 1.165) is 22.3 Å². The highest BCUT2D eigenvalue weighted by Crippen LogP contribution is 2.29. The van der Waals surface area contributed by atoms with Crippen LogP contribution in [0.25, 0.3) is 11.1 Å². The second-order valence-electron chi connectivity index (χ2n) is 4.49. The largest absolute Gasteiger partial charge is 0.227 e. The summed E-state index contributed by atoms with van der Waals surface area (Å²) in [6.07, 6.45) is 0. The van der Waals surface area contributed by atoms with E-state index in [0.29, 0.717) is 0 Å². The third kappa shape index (κ3) is 2.46. The normalized spacial score (nSPS) is 10.9. The Labute approximate surface area is 109 Å². The van der Waals surface area contributed by atoms with Crippen molar-refractivity contribution in [3.63, 3.8) is 0 Å². The predicted molar refractivity (Wildman–Crippen MR) is 73.5 cm³/mol. The summed E-state index contributed by atoms with van der Waals surface area (Å²) in [6, 6.07) is 12.2. The molecular weight excluding hydrogens is 244 g/mol. The van der Waals surface area contributed by atoms with Crippen molar-refractivity contribution >= 4 is 10.7 Å². The smallest absolute Gasteiger partial charge is 0.168 e. The van der Waals surface area contributed by atoms with E-state index in [1.165, 1.54) is 5.56 Å². The van der Waals surface area contributed by atoms with Gasteiger partial charge in [0, 0.05) is 6.07 Å². The van der Waals surface area contributed by atoms with Crippen LogP contribution in [0.2, 0.25) is 0 Å². The van der Waals surface area contributed by atoms with E-state index in [9.17, 15) is 8.42 Å². The first kappa shape index (κ1) is 12.8. The molecule has 0 aliphatic rings. The van der Waals surface area contributed by atoms with Crippen LogP contribution in [-0.2, 0) is 10.7 Å². The van der Waals surface area contributed by atoms with Crippen molar-refractivity contribution in [3.8, 4) is 11.1 Å². The quantitative estimate of drug-likeness (QED) is 0.841. The molecule has 0 atom stereocenters. The summed E-state index contributed by atoms with van der Waals surface area (Å²) in [7, 11) is -2.58. The molecule has 2 rings (SSSR count). The summed E-state index contributed by atoms with van der Waals surface area (Å²) in [5, 5.41) is 0. The van der Waals surface area contributed by atoms with Gasteiger partial charge in [-0.05, 0) is 49.1 Å². The van der Waals surface area contributed by atoms with Crippen LogP contribution in [0.4, 0.5) is 0 Å². The summed E-state index contributed by atoms with van der Waals surface area (Å²) in [4.78, 5) is 0.238. The number of benzene rings is 2. The van der Waals surface area contributed by atoms with Gasteiger partial charge in [0.2, 0.25) is 0 Å². The molecule has 0 spiro atoms. The highest BCUT2D eigenvalue weighted by Gasteiger charge is 2.07. The van der Waals surface area contributed by atoms with Crippen LogP contribution in [-0.4, -0.2) is 8.42 Å². The lowest BCUT2D eigenvalue weighted by Crippen LogP contribution is -1.91. The lowest BCUT2D eigenvalue weighted by molar-refractivity contribution is 0.614. The molecular formula is C15H15O2S. The predicted octanol–water partition coefficient (Wildman–Crippen LogP) is 3.05. The van der Waals surface area contributed by atoms with Crippen molar-refractivity contribution in [1.29, 1.82) is 0 Å². The lowest BCUT2D eigenvalue weighted by atomic mass is 9.94. The molecule has 1 radical (unpaired) electrons. The Morgan fingerprint density at radius 1 is 1.00 bits per heavy atom. The van der Waals surface area contributed by atoms with E-state index in [-0.39, 0.29) is 4.90 Å². The Balaban J connectivity index is 2.66. The number of hydrogen-bond acceptors (Lipinski definition) is 2. The Kier molecular flexibility index (Phi) is 3.53. The van der Waals surface area contributed by atoms with Crippen LogP contribution in [0, 0.1) is 26.8 Å². The van der Waals surface area contributed by atoms with Gasteiger partial charge < -0.3 is 0 Å². The molecule has 0 bridgehead atoms. The number of aryl methyl sites for hydroxylation is 3. The third-order valence-electron chi connectivity index (χ3n) is 2.95. The van der Waals surface area contributed by atoms with Crippen LogP contribution in [0.15, 0.2) is 35.2 Å². The molecule has 2 nitrogen and oxygen atoms in total. The fourth-order valence-corrected chi connectivity index (χ4v) is 2.77. The highest BCUT2D eigenvalue weighted by atomic mass is 32.2. The van der Waals surface area contributed by atoms with Gasteiger partial charge in [-0.15, -0.1) is 0 Å². The molecule has 0 aromatic heterocycles. The maximum absolute atomic E-state index is 11.0. The molecule has 2 aromatic rings. The zero-order valence-electron chi connectivity index (χ0n) is 10.7. The lowest BCUT2D eigenvalue weighted by Gasteiger charge is -2.11. The van der Waals surface area contributed by atoms with E-state index in [2.05, 4.69) is 25.1 Å². The molecule has 18 heavy (non-hydrogen) atoms.